The number of halogens is 6. The molecule has 13 heteroatoms. The number of nitrogens with one attached hydrogen (secondary N) is 1. The highest BCUT2D eigenvalue weighted by Crippen LogP contribution is 2.34. The van der Waals surface area contributed by atoms with Crippen LogP contribution in [0.1, 0.15) is 16.1 Å². The Morgan fingerprint density at radius 1 is 1.06 bits per heavy atom. The normalized spacial score (nSPS) is 11.5. The number of carbonyl (C=O) groups excluding carboxylic acids is 1. The van der Waals surface area contributed by atoms with Crippen molar-refractivity contribution < 1.29 is 22.4 Å². The summed E-state index contributed by atoms with van der Waals surface area (Å²) in [4.78, 5) is 20.1. The molecule has 0 radical (unpaired) electrons. The monoisotopic (exact) mass is 510 g/mol. The van der Waals surface area contributed by atoms with Gasteiger partial charge in [0.1, 0.15) is 0 Å². The minimum absolute atomic E-state index is 0.194. The molecule has 4 aromatic rings. The molecule has 0 aliphatic rings. The van der Waals surface area contributed by atoms with Crippen LogP contribution >= 0.6 is 23.2 Å². The second kappa shape index (κ2) is 8.92. The fraction of sp³-hybridized carbons (Fsp3) is 0.0476. The van der Waals surface area contributed by atoms with E-state index in [2.05, 4.69) is 20.4 Å². The van der Waals surface area contributed by atoms with Crippen LogP contribution in [0.25, 0.3) is 17.1 Å². The molecule has 0 saturated carbocycles. The Bertz CT molecular complexity index is 1390. The summed E-state index contributed by atoms with van der Waals surface area (Å²) in [6.07, 6.45) is -3.52. The first-order valence-corrected chi connectivity index (χ1v) is 10.1. The highest BCUT2D eigenvalue weighted by Gasteiger charge is 2.39. The number of nitrogens with two attached hydrogens (primary N) is 1. The van der Waals surface area contributed by atoms with Crippen LogP contribution < -0.4 is 11.1 Å². The molecule has 0 unspecified atom stereocenters. The molecule has 2 aromatic carbocycles. The van der Waals surface area contributed by atoms with E-state index in [9.17, 15) is 22.4 Å². The lowest BCUT2D eigenvalue weighted by Crippen LogP contribution is -2.18. The second-order valence-electron chi connectivity index (χ2n) is 6.89. The van der Waals surface area contributed by atoms with Gasteiger partial charge in [0.2, 0.25) is 0 Å². The summed E-state index contributed by atoms with van der Waals surface area (Å²) < 4.78 is 54.9. The summed E-state index contributed by atoms with van der Waals surface area (Å²) in [5.74, 6) is -3.10. The number of alkyl halides is 3. The van der Waals surface area contributed by atoms with Crippen LogP contribution in [0, 0.1) is 5.82 Å². The van der Waals surface area contributed by atoms with E-state index in [-0.39, 0.29) is 5.69 Å². The van der Waals surface area contributed by atoms with Gasteiger partial charge in [-0.1, -0.05) is 35.3 Å². The molecule has 2 heterocycles. The predicted molar refractivity (Wildman–Crippen MR) is 118 cm³/mol. The van der Waals surface area contributed by atoms with Gasteiger partial charge in [-0.2, -0.15) is 23.3 Å². The molecule has 7 nitrogen and oxygen atoms in total. The maximum atomic E-state index is 13.6. The zero-order chi connectivity index (χ0) is 24.6. The molecule has 0 bridgehead atoms. The van der Waals surface area contributed by atoms with Gasteiger partial charge in [0, 0.05) is 27.5 Å². The average Bonchev–Trinajstić information content (AvgIpc) is 3.24. The number of carbonyl (C=O) groups is 1. The second-order valence-corrected chi connectivity index (χ2v) is 7.76. The lowest BCUT2D eigenvalue weighted by Gasteiger charge is -2.13. The molecule has 3 N–H and O–H groups in total. The summed E-state index contributed by atoms with van der Waals surface area (Å²) >= 11 is 12.0. The van der Waals surface area contributed by atoms with Crippen molar-refractivity contribution in [3.8, 4) is 17.1 Å². The zero-order valence-electron chi connectivity index (χ0n) is 16.7. The molecule has 0 fully saturated rings. The minimum Gasteiger partial charge on any atom is -0.381 e. The van der Waals surface area contributed by atoms with Crippen LogP contribution in [0.2, 0.25) is 10.0 Å². The van der Waals surface area contributed by atoms with Gasteiger partial charge in [-0.15, -0.1) is 0 Å². The molecule has 0 saturated heterocycles. The molecule has 0 spiro atoms. The van der Waals surface area contributed by atoms with Crippen molar-refractivity contribution in [3.05, 3.63) is 82.0 Å². The standard InChI is InChI=1S/C21H12Cl2F4N6O/c22-11-3-1-10(2-4-11)13-7-12(23)5-6-16(13)30-19(34)14-9-33(32-17(14)21(25,26)27)20-29-8-15(24)18(28)31-20/h1-9H,(H,30,34)(H2,28,29,31). The van der Waals surface area contributed by atoms with E-state index in [4.69, 9.17) is 28.9 Å². The number of amides is 1. The Morgan fingerprint density at radius 2 is 1.74 bits per heavy atom. The number of rotatable bonds is 4. The number of hydrogen-bond donors (Lipinski definition) is 2. The van der Waals surface area contributed by atoms with E-state index >= 15 is 0 Å². The van der Waals surface area contributed by atoms with Crippen LogP contribution in [-0.2, 0) is 6.18 Å². The van der Waals surface area contributed by atoms with Gasteiger partial charge in [0.05, 0.1) is 11.8 Å². The van der Waals surface area contributed by atoms with Gasteiger partial charge in [-0.05, 0) is 35.9 Å². The van der Waals surface area contributed by atoms with Crippen molar-refractivity contribution in [3.63, 3.8) is 0 Å². The first kappa shape index (κ1) is 23.5. The van der Waals surface area contributed by atoms with Gasteiger partial charge < -0.3 is 11.1 Å². The van der Waals surface area contributed by atoms with Crippen molar-refractivity contribution in [2.24, 2.45) is 0 Å². The maximum absolute atomic E-state index is 13.6. The van der Waals surface area contributed by atoms with E-state index in [0.717, 1.165) is 6.20 Å². The van der Waals surface area contributed by atoms with Crippen molar-refractivity contribution >= 4 is 40.6 Å². The summed E-state index contributed by atoms with van der Waals surface area (Å²) in [6.45, 7) is 0. The topological polar surface area (TPSA) is 98.7 Å². The summed E-state index contributed by atoms with van der Waals surface area (Å²) in [6, 6.07) is 11.0. The van der Waals surface area contributed by atoms with Gasteiger partial charge in [-0.25, -0.2) is 14.1 Å². The summed E-state index contributed by atoms with van der Waals surface area (Å²) in [7, 11) is 0. The maximum Gasteiger partial charge on any atom is 0.435 e. The van der Waals surface area contributed by atoms with Crippen LogP contribution in [-0.4, -0.2) is 25.7 Å². The Morgan fingerprint density at radius 3 is 2.38 bits per heavy atom. The predicted octanol–water partition coefficient (Wildman–Crippen LogP) is 5.63. The van der Waals surface area contributed by atoms with Crippen molar-refractivity contribution in [2.75, 3.05) is 11.1 Å². The van der Waals surface area contributed by atoms with E-state index in [1.807, 2.05) is 0 Å². The van der Waals surface area contributed by atoms with Gasteiger partial charge in [0.25, 0.3) is 11.9 Å². The van der Waals surface area contributed by atoms with Gasteiger partial charge in [0.15, 0.2) is 17.3 Å². The molecular formula is C21H12Cl2F4N6O. The first-order chi connectivity index (χ1) is 16.0. The smallest absolute Gasteiger partial charge is 0.381 e. The lowest BCUT2D eigenvalue weighted by atomic mass is 10.0. The fourth-order valence-electron chi connectivity index (χ4n) is 3.02. The SMILES string of the molecule is Nc1nc(-n2cc(C(=O)Nc3ccc(Cl)cc3-c3ccc(Cl)cc3)c(C(F)(F)F)n2)ncc1F. The quantitative estimate of drug-likeness (QED) is 0.346. The Labute approximate surface area is 199 Å². The van der Waals surface area contributed by atoms with Gasteiger partial charge in [-0.3, -0.25) is 4.79 Å². The van der Waals surface area contributed by atoms with E-state index in [1.165, 1.54) is 12.1 Å². The average molecular weight is 511 g/mol. The Hall–Kier alpha value is -3.70. The van der Waals surface area contributed by atoms with E-state index < -0.39 is 40.9 Å². The molecule has 174 valence electrons. The highest BCUT2D eigenvalue weighted by atomic mass is 35.5. The third-order valence-electron chi connectivity index (χ3n) is 4.58. The molecule has 0 aliphatic carbocycles. The zero-order valence-corrected chi connectivity index (χ0v) is 18.3. The number of anilines is 2. The lowest BCUT2D eigenvalue weighted by molar-refractivity contribution is -0.141. The summed E-state index contributed by atoms with van der Waals surface area (Å²) in [5.41, 5.74) is 4.32. The molecule has 0 aliphatic heterocycles. The molecule has 1 amide bonds. The molecule has 34 heavy (non-hydrogen) atoms. The van der Waals surface area contributed by atoms with E-state index in [0.29, 0.717) is 32.1 Å². The summed E-state index contributed by atoms with van der Waals surface area (Å²) in [5, 5.41) is 6.66. The molecule has 0 atom stereocenters. The molecular weight excluding hydrogens is 499 g/mol. The number of hydrogen-bond acceptors (Lipinski definition) is 5. The number of benzene rings is 2. The van der Waals surface area contributed by atoms with Crippen molar-refractivity contribution in [1.29, 1.82) is 0 Å². The van der Waals surface area contributed by atoms with Crippen LogP contribution in [0.4, 0.5) is 29.1 Å². The van der Waals surface area contributed by atoms with Crippen molar-refractivity contribution in [1.82, 2.24) is 19.7 Å². The third-order valence-corrected chi connectivity index (χ3v) is 5.06. The molecule has 2 aromatic heterocycles. The van der Waals surface area contributed by atoms with Crippen LogP contribution in [0.15, 0.2) is 54.9 Å². The minimum atomic E-state index is -4.98. The molecule has 4 rings (SSSR count). The number of aromatic nitrogens is 4. The Kier molecular flexibility index (Phi) is 6.15. The van der Waals surface area contributed by atoms with Crippen LogP contribution in [0.3, 0.4) is 0 Å². The number of nitrogens with zero attached hydrogens (tertiary/aromatic N) is 4. The highest BCUT2D eigenvalue weighted by molar-refractivity contribution is 6.31. The van der Waals surface area contributed by atoms with E-state index in [1.54, 1.807) is 30.3 Å². The third kappa shape index (κ3) is 4.80. The first-order valence-electron chi connectivity index (χ1n) is 9.35. The Balaban J connectivity index is 1.74. The van der Waals surface area contributed by atoms with Crippen LogP contribution in [0.5, 0.6) is 0 Å². The fourth-order valence-corrected chi connectivity index (χ4v) is 3.31. The van der Waals surface area contributed by atoms with Crippen molar-refractivity contribution in [2.45, 2.75) is 6.18 Å². The largest absolute Gasteiger partial charge is 0.435 e. The number of nitrogen functional groups attached to an aromatic ring is 1. The van der Waals surface area contributed by atoms with Gasteiger partial charge >= 0.3 is 6.18 Å².